The van der Waals surface area contributed by atoms with Crippen LogP contribution in [0.1, 0.15) is 82.7 Å². The molecule has 0 spiro atoms. The van der Waals surface area contributed by atoms with Crippen LogP contribution in [0.5, 0.6) is 0 Å². The molecule has 10 nitrogen and oxygen atoms in total. The third-order valence-electron chi connectivity index (χ3n) is 6.38. The van der Waals surface area contributed by atoms with Crippen molar-refractivity contribution in [2.45, 2.75) is 70.1 Å². The van der Waals surface area contributed by atoms with Crippen LogP contribution in [0.15, 0.2) is 16.5 Å². The number of rotatable bonds is 8. The van der Waals surface area contributed by atoms with E-state index in [4.69, 9.17) is 20.6 Å². The Bertz CT molecular complexity index is 1040. The minimum atomic E-state index is -1.02. The molecule has 2 unspecified atom stereocenters. The standard InChI is InChI=1S/C23H31N5O5S/c1-13-9-10-16(33-13)19(22(30)26-14-6-3-2-4-7-14)28(12-15-8-5-11-32-15)23(31)20-17(24)18(21(25)29)27-34-20/h9-10,14-15,19H,2-8,11-12,24H2,1H3,(H2,25,29)(H,26,30). The molecule has 1 aliphatic carbocycles. The first-order chi connectivity index (χ1) is 16.3. The highest BCUT2D eigenvalue weighted by atomic mass is 32.1. The van der Waals surface area contributed by atoms with Crippen molar-refractivity contribution in [2.75, 3.05) is 18.9 Å². The first-order valence-electron chi connectivity index (χ1n) is 11.7. The van der Waals surface area contributed by atoms with Crippen LogP contribution in [0.2, 0.25) is 0 Å². The van der Waals surface area contributed by atoms with Crippen molar-refractivity contribution in [3.05, 3.63) is 34.2 Å². The summed E-state index contributed by atoms with van der Waals surface area (Å²) in [6, 6.07) is 2.50. The molecule has 2 fully saturated rings. The summed E-state index contributed by atoms with van der Waals surface area (Å²) in [6.45, 7) is 2.55. The van der Waals surface area contributed by atoms with Crippen molar-refractivity contribution < 1.29 is 23.5 Å². The van der Waals surface area contributed by atoms with Gasteiger partial charge in [-0.2, -0.15) is 4.37 Å². The number of carbonyl (C=O) groups excluding carboxylic acids is 3. The summed E-state index contributed by atoms with van der Waals surface area (Å²) in [5.74, 6) is -0.660. The van der Waals surface area contributed by atoms with Crippen LogP contribution in [-0.4, -0.2) is 52.3 Å². The van der Waals surface area contributed by atoms with Crippen LogP contribution in [-0.2, 0) is 9.53 Å². The number of furan rings is 1. The Labute approximate surface area is 202 Å². The van der Waals surface area contributed by atoms with E-state index in [0.29, 0.717) is 18.1 Å². The van der Waals surface area contributed by atoms with Crippen molar-refractivity contribution in [1.82, 2.24) is 14.6 Å². The highest BCUT2D eigenvalue weighted by molar-refractivity contribution is 7.09. The molecule has 34 heavy (non-hydrogen) atoms. The molecule has 2 aromatic rings. The number of aryl methyl sites for hydroxylation is 1. The van der Waals surface area contributed by atoms with Gasteiger partial charge in [0.25, 0.3) is 17.7 Å². The van der Waals surface area contributed by atoms with Crippen molar-refractivity contribution in [2.24, 2.45) is 5.73 Å². The van der Waals surface area contributed by atoms with Gasteiger partial charge in [-0.05, 0) is 56.3 Å². The average molecular weight is 490 g/mol. The fourth-order valence-corrected chi connectivity index (χ4v) is 5.39. The Kier molecular flexibility index (Phi) is 7.52. The second-order valence-electron chi connectivity index (χ2n) is 8.93. The Balaban J connectivity index is 1.70. The molecule has 0 bridgehead atoms. The number of ether oxygens (including phenoxy) is 1. The second-order valence-corrected chi connectivity index (χ2v) is 9.70. The Morgan fingerprint density at radius 3 is 2.56 bits per heavy atom. The van der Waals surface area contributed by atoms with E-state index in [1.807, 2.05) is 0 Å². The quantitative estimate of drug-likeness (QED) is 0.515. The number of primary amides is 1. The van der Waals surface area contributed by atoms with Crippen molar-refractivity contribution in [3.63, 3.8) is 0 Å². The van der Waals surface area contributed by atoms with E-state index < -0.39 is 17.9 Å². The zero-order valence-electron chi connectivity index (χ0n) is 19.2. The van der Waals surface area contributed by atoms with Gasteiger partial charge in [-0.1, -0.05) is 19.3 Å². The van der Waals surface area contributed by atoms with E-state index in [1.165, 1.54) is 4.90 Å². The SMILES string of the molecule is Cc1ccc(C(C(=O)NC2CCCCC2)N(CC2CCCO2)C(=O)c2snc(C(N)=O)c2N)o1. The van der Waals surface area contributed by atoms with Gasteiger partial charge in [0.2, 0.25) is 0 Å². The molecule has 1 aliphatic heterocycles. The normalized spacial score (nSPS) is 19.6. The van der Waals surface area contributed by atoms with E-state index in [1.54, 1.807) is 19.1 Å². The molecule has 184 valence electrons. The van der Waals surface area contributed by atoms with Crippen LogP contribution in [0.25, 0.3) is 0 Å². The fraction of sp³-hybridized carbons (Fsp3) is 0.565. The molecule has 0 aromatic carbocycles. The van der Waals surface area contributed by atoms with Crippen LogP contribution in [0, 0.1) is 6.92 Å². The zero-order valence-corrected chi connectivity index (χ0v) is 20.1. The number of nitrogens with two attached hydrogens (primary N) is 2. The van der Waals surface area contributed by atoms with Crippen LogP contribution in [0.3, 0.4) is 0 Å². The van der Waals surface area contributed by atoms with Crippen molar-refractivity contribution >= 4 is 34.9 Å². The number of nitrogens with zero attached hydrogens (tertiary/aromatic N) is 2. The van der Waals surface area contributed by atoms with E-state index in [-0.39, 0.29) is 40.9 Å². The van der Waals surface area contributed by atoms with Gasteiger partial charge in [0, 0.05) is 19.2 Å². The van der Waals surface area contributed by atoms with Gasteiger partial charge in [0.05, 0.1) is 11.8 Å². The lowest BCUT2D eigenvalue weighted by Gasteiger charge is -2.33. The molecule has 4 rings (SSSR count). The first kappa shape index (κ1) is 24.2. The van der Waals surface area contributed by atoms with Crippen molar-refractivity contribution in [3.8, 4) is 0 Å². The predicted molar refractivity (Wildman–Crippen MR) is 126 cm³/mol. The summed E-state index contributed by atoms with van der Waals surface area (Å²) in [6.07, 6.45) is 6.49. The van der Waals surface area contributed by atoms with E-state index in [2.05, 4.69) is 9.69 Å². The number of hydrogen-bond acceptors (Lipinski definition) is 8. The van der Waals surface area contributed by atoms with E-state index in [9.17, 15) is 14.4 Å². The van der Waals surface area contributed by atoms with E-state index in [0.717, 1.165) is 56.5 Å². The van der Waals surface area contributed by atoms with Crippen molar-refractivity contribution in [1.29, 1.82) is 0 Å². The molecule has 2 aromatic heterocycles. The highest BCUT2D eigenvalue weighted by Gasteiger charge is 2.39. The predicted octanol–water partition coefficient (Wildman–Crippen LogP) is 2.54. The maximum atomic E-state index is 13.8. The first-order valence-corrected chi connectivity index (χ1v) is 12.5. The number of amides is 3. The maximum Gasteiger partial charge on any atom is 0.270 e. The molecule has 1 saturated heterocycles. The Morgan fingerprint density at radius 2 is 1.97 bits per heavy atom. The highest BCUT2D eigenvalue weighted by Crippen LogP contribution is 2.31. The lowest BCUT2D eigenvalue weighted by molar-refractivity contribution is -0.128. The molecule has 1 saturated carbocycles. The molecule has 3 amide bonds. The third-order valence-corrected chi connectivity index (χ3v) is 7.23. The summed E-state index contributed by atoms with van der Waals surface area (Å²) < 4.78 is 15.6. The summed E-state index contributed by atoms with van der Waals surface area (Å²) in [5.41, 5.74) is 11.2. The molecule has 3 heterocycles. The molecule has 5 N–H and O–H groups in total. The van der Waals surface area contributed by atoms with E-state index >= 15 is 0 Å². The summed E-state index contributed by atoms with van der Waals surface area (Å²) >= 11 is 0.794. The Hall–Kier alpha value is -2.92. The zero-order chi connectivity index (χ0) is 24.2. The monoisotopic (exact) mass is 489 g/mol. The van der Waals surface area contributed by atoms with Gasteiger partial charge in [-0.3, -0.25) is 14.4 Å². The fourth-order valence-electron chi connectivity index (χ4n) is 4.62. The Morgan fingerprint density at radius 1 is 1.21 bits per heavy atom. The molecular formula is C23H31N5O5S. The number of nitrogens with one attached hydrogen (secondary N) is 1. The van der Waals surface area contributed by atoms with Crippen LogP contribution < -0.4 is 16.8 Å². The smallest absolute Gasteiger partial charge is 0.270 e. The molecule has 0 radical (unpaired) electrons. The van der Waals surface area contributed by atoms with Crippen LogP contribution >= 0.6 is 11.5 Å². The summed E-state index contributed by atoms with van der Waals surface area (Å²) in [5, 5.41) is 3.13. The van der Waals surface area contributed by atoms with Gasteiger partial charge in [-0.25, -0.2) is 0 Å². The topological polar surface area (TPSA) is 154 Å². The van der Waals surface area contributed by atoms with Gasteiger partial charge in [0.1, 0.15) is 16.4 Å². The van der Waals surface area contributed by atoms with Gasteiger partial charge >= 0.3 is 0 Å². The van der Waals surface area contributed by atoms with Gasteiger partial charge < -0.3 is 30.8 Å². The third kappa shape index (κ3) is 5.25. The molecular weight excluding hydrogens is 458 g/mol. The lowest BCUT2D eigenvalue weighted by atomic mass is 9.95. The van der Waals surface area contributed by atoms with Gasteiger partial charge in [-0.15, -0.1) is 0 Å². The maximum absolute atomic E-state index is 13.8. The minimum Gasteiger partial charge on any atom is -0.464 e. The summed E-state index contributed by atoms with van der Waals surface area (Å²) in [7, 11) is 0. The summed E-state index contributed by atoms with van der Waals surface area (Å²) in [4.78, 5) is 40.6. The number of hydrogen-bond donors (Lipinski definition) is 3. The largest absolute Gasteiger partial charge is 0.464 e. The second kappa shape index (κ2) is 10.6. The van der Waals surface area contributed by atoms with Gasteiger partial charge in [0.15, 0.2) is 11.7 Å². The number of aromatic nitrogens is 1. The number of anilines is 1. The average Bonchev–Trinajstić information content (AvgIpc) is 3.55. The number of nitrogen functional groups attached to an aromatic ring is 1. The number of carbonyl (C=O) groups is 3. The molecule has 2 aliphatic rings. The lowest BCUT2D eigenvalue weighted by Crippen LogP contribution is -2.49. The molecule has 2 atom stereocenters. The van der Waals surface area contributed by atoms with Crippen LogP contribution in [0.4, 0.5) is 5.69 Å². The molecule has 11 heteroatoms. The minimum absolute atomic E-state index is 0.0504.